The summed E-state index contributed by atoms with van der Waals surface area (Å²) >= 11 is 5.69. The van der Waals surface area contributed by atoms with Crippen molar-refractivity contribution in [2.24, 2.45) is 0 Å². The number of halogens is 2. The highest BCUT2D eigenvalue weighted by molar-refractivity contribution is 6.31. The molecule has 0 saturated heterocycles. The number of nitrogens with one attached hydrogen (secondary N) is 2. The lowest BCUT2D eigenvalue weighted by atomic mass is 10.1. The summed E-state index contributed by atoms with van der Waals surface area (Å²) in [7, 11) is 1.67. The number of carbonyl (C=O) groups is 2. The third-order valence-corrected chi connectivity index (χ3v) is 4.26. The van der Waals surface area contributed by atoms with Crippen molar-refractivity contribution in [3.63, 3.8) is 0 Å². The molecule has 2 rings (SSSR count). The zero-order valence-electron chi connectivity index (χ0n) is 15.8. The van der Waals surface area contributed by atoms with Crippen LogP contribution in [0.1, 0.15) is 16.7 Å². The van der Waals surface area contributed by atoms with E-state index in [2.05, 4.69) is 10.6 Å². The molecule has 27 heavy (non-hydrogen) atoms. The Balaban J connectivity index is 1.89. The highest BCUT2D eigenvalue weighted by Gasteiger charge is 2.13. The fourth-order valence-corrected chi connectivity index (χ4v) is 3.06. The fraction of sp³-hybridized carbons (Fsp3) is 0.300. The van der Waals surface area contributed by atoms with Gasteiger partial charge >= 0.3 is 0 Å². The summed E-state index contributed by atoms with van der Waals surface area (Å²) < 4.78 is 13.2. The van der Waals surface area contributed by atoms with Gasteiger partial charge in [-0.05, 0) is 57.1 Å². The summed E-state index contributed by atoms with van der Waals surface area (Å²) in [5.74, 6) is -1.08. The molecule has 0 atom stereocenters. The van der Waals surface area contributed by atoms with Crippen molar-refractivity contribution in [3.8, 4) is 0 Å². The maximum atomic E-state index is 13.2. The molecular weight excluding hydrogens is 369 g/mol. The number of aryl methyl sites for hydroxylation is 3. The molecule has 0 unspecified atom stereocenters. The van der Waals surface area contributed by atoms with Gasteiger partial charge in [-0.1, -0.05) is 29.3 Å². The maximum Gasteiger partial charge on any atom is 0.238 e. The Kier molecular flexibility index (Phi) is 6.93. The Hall–Kier alpha value is -2.44. The topological polar surface area (TPSA) is 61.4 Å². The first-order valence-electron chi connectivity index (χ1n) is 8.47. The van der Waals surface area contributed by atoms with Crippen LogP contribution in [0.3, 0.4) is 0 Å². The molecule has 0 aliphatic carbocycles. The number of benzene rings is 2. The first-order valence-corrected chi connectivity index (χ1v) is 8.84. The van der Waals surface area contributed by atoms with E-state index in [4.69, 9.17) is 11.6 Å². The van der Waals surface area contributed by atoms with Crippen LogP contribution < -0.4 is 10.6 Å². The normalized spacial score (nSPS) is 10.8. The van der Waals surface area contributed by atoms with Gasteiger partial charge in [-0.25, -0.2) is 4.39 Å². The molecule has 0 spiro atoms. The molecule has 2 aromatic rings. The maximum absolute atomic E-state index is 13.2. The van der Waals surface area contributed by atoms with Crippen LogP contribution in [0.15, 0.2) is 30.3 Å². The summed E-state index contributed by atoms with van der Waals surface area (Å²) in [6, 6.07) is 7.96. The van der Waals surface area contributed by atoms with Gasteiger partial charge in [-0.2, -0.15) is 0 Å². The first-order chi connectivity index (χ1) is 12.7. The minimum atomic E-state index is -0.551. The van der Waals surface area contributed by atoms with Crippen molar-refractivity contribution in [1.29, 1.82) is 0 Å². The number of hydrogen-bond donors (Lipinski definition) is 2. The summed E-state index contributed by atoms with van der Waals surface area (Å²) in [6.45, 7) is 5.96. The van der Waals surface area contributed by atoms with E-state index in [1.807, 2.05) is 32.9 Å². The summed E-state index contributed by atoms with van der Waals surface area (Å²) in [5, 5.41) is 5.46. The van der Waals surface area contributed by atoms with Crippen LogP contribution >= 0.6 is 11.6 Å². The summed E-state index contributed by atoms with van der Waals surface area (Å²) in [6.07, 6.45) is 0. The molecular formula is C20H23ClFN3O2. The van der Waals surface area contributed by atoms with E-state index in [0.29, 0.717) is 5.69 Å². The number of nitrogens with zero attached hydrogens (tertiary/aromatic N) is 1. The Morgan fingerprint density at radius 3 is 2.11 bits per heavy atom. The quantitative estimate of drug-likeness (QED) is 0.784. The minimum Gasteiger partial charge on any atom is -0.325 e. The molecule has 0 saturated carbocycles. The lowest BCUT2D eigenvalue weighted by Crippen LogP contribution is -2.36. The van der Waals surface area contributed by atoms with E-state index >= 15 is 0 Å². The van der Waals surface area contributed by atoms with Crippen molar-refractivity contribution in [3.05, 3.63) is 57.9 Å². The largest absolute Gasteiger partial charge is 0.325 e. The van der Waals surface area contributed by atoms with E-state index in [1.54, 1.807) is 11.9 Å². The smallest absolute Gasteiger partial charge is 0.238 e. The molecule has 0 bridgehead atoms. The van der Waals surface area contributed by atoms with E-state index in [-0.39, 0.29) is 29.9 Å². The van der Waals surface area contributed by atoms with Gasteiger partial charge < -0.3 is 10.6 Å². The molecule has 0 fully saturated rings. The van der Waals surface area contributed by atoms with E-state index in [1.165, 1.54) is 18.2 Å². The number of likely N-dealkylation sites (N-methyl/N-ethyl adjacent to an activating group) is 1. The standard InChI is InChI=1S/C20H23ClFN3O2/c1-12-7-13(2)20(14(3)8-12)24-19(27)11-25(4)10-18(26)23-15-5-6-17(22)16(21)9-15/h5-9H,10-11H2,1-4H3,(H,23,26)(H,24,27). The zero-order valence-corrected chi connectivity index (χ0v) is 16.6. The molecule has 2 amide bonds. The van der Waals surface area contributed by atoms with Crippen LogP contribution in [-0.4, -0.2) is 36.9 Å². The molecule has 7 heteroatoms. The Morgan fingerprint density at radius 2 is 1.56 bits per heavy atom. The van der Waals surface area contributed by atoms with Crippen molar-refractivity contribution in [1.82, 2.24) is 4.90 Å². The Labute approximate surface area is 163 Å². The minimum absolute atomic E-state index is 0.00821. The lowest BCUT2D eigenvalue weighted by Gasteiger charge is -2.18. The number of hydrogen-bond acceptors (Lipinski definition) is 3. The number of rotatable bonds is 6. The second-order valence-electron chi connectivity index (χ2n) is 6.67. The van der Waals surface area contributed by atoms with Crippen LogP contribution in [-0.2, 0) is 9.59 Å². The average molecular weight is 392 g/mol. The fourth-order valence-electron chi connectivity index (χ4n) is 2.88. The highest BCUT2D eigenvalue weighted by atomic mass is 35.5. The van der Waals surface area contributed by atoms with Crippen molar-refractivity contribution in [2.75, 3.05) is 30.8 Å². The van der Waals surface area contributed by atoms with Gasteiger partial charge in [0.15, 0.2) is 0 Å². The number of anilines is 2. The molecule has 5 nitrogen and oxygen atoms in total. The third kappa shape index (κ3) is 6.05. The van der Waals surface area contributed by atoms with Gasteiger partial charge in [0.05, 0.1) is 18.1 Å². The zero-order chi connectivity index (χ0) is 20.1. The first kappa shape index (κ1) is 20.9. The van der Waals surface area contributed by atoms with Gasteiger partial charge in [-0.3, -0.25) is 14.5 Å². The lowest BCUT2D eigenvalue weighted by molar-refractivity contribution is -0.119. The van der Waals surface area contributed by atoms with Gasteiger partial charge in [0.25, 0.3) is 0 Å². The second-order valence-corrected chi connectivity index (χ2v) is 7.08. The molecule has 2 aromatic carbocycles. The van der Waals surface area contributed by atoms with Crippen molar-refractivity contribution in [2.45, 2.75) is 20.8 Å². The van der Waals surface area contributed by atoms with Crippen LogP contribution in [0, 0.1) is 26.6 Å². The number of amides is 2. The van der Waals surface area contributed by atoms with Crippen LogP contribution in [0.5, 0.6) is 0 Å². The SMILES string of the molecule is Cc1cc(C)c(NC(=O)CN(C)CC(=O)Nc2ccc(F)c(Cl)c2)c(C)c1. The molecule has 0 aliphatic rings. The highest BCUT2D eigenvalue weighted by Crippen LogP contribution is 2.22. The predicted octanol–water partition coefficient (Wildman–Crippen LogP) is 3.91. The Bertz CT molecular complexity index is 847. The van der Waals surface area contributed by atoms with Crippen LogP contribution in [0.4, 0.5) is 15.8 Å². The van der Waals surface area contributed by atoms with Gasteiger partial charge in [0, 0.05) is 11.4 Å². The monoisotopic (exact) mass is 391 g/mol. The van der Waals surface area contributed by atoms with Gasteiger partial charge in [0.1, 0.15) is 5.82 Å². The van der Waals surface area contributed by atoms with Crippen molar-refractivity contribution < 1.29 is 14.0 Å². The molecule has 144 valence electrons. The van der Waals surface area contributed by atoms with E-state index in [9.17, 15) is 14.0 Å². The second kappa shape index (κ2) is 8.97. The summed E-state index contributed by atoms with van der Waals surface area (Å²) in [4.78, 5) is 26.0. The molecule has 0 aliphatic heterocycles. The van der Waals surface area contributed by atoms with E-state index < -0.39 is 5.82 Å². The molecule has 0 aromatic heterocycles. The average Bonchev–Trinajstić information content (AvgIpc) is 2.54. The van der Waals surface area contributed by atoms with Crippen LogP contribution in [0.25, 0.3) is 0 Å². The summed E-state index contributed by atoms with van der Waals surface area (Å²) in [5.41, 5.74) is 4.32. The number of carbonyl (C=O) groups excluding carboxylic acids is 2. The van der Waals surface area contributed by atoms with Crippen LogP contribution in [0.2, 0.25) is 5.02 Å². The Morgan fingerprint density at radius 1 is 1.00 bits per heavy atom. The molecule has 2 N–H and O–H groups in total. The molecule has 0 heterocycles. The van der Waals surface area contributed by atoms with Gasteiger partial charge in [0.2, 0.25) is 11.8 Å². The third-order valence-electron chi connectivity index (χ3n) is 3.97. The molecule has 0 radical (unpaired) electrons. The predicted molar refractivity (Wildman–Crippen MR) is 107 cm³/mol. The van der Waals surface area contributed by atoms with Gasteiger partial charge in [-0.15, -0.1) is 0 Å². The van der Waals surface area contributed by atoms with Crippen molar-refractivity contribution >= 4 is 34.8 Å². The van der Waals surface area contributed by atoms with E-state index in [0.717, 1.165) is 22.4 Å².